The van der Waals surface area contributed by atoms with Crippen LogP contribution in [0.15, 0.2) is 18.2 Å². The van der Waals surface area contributed by atoms with E-state index in [0.717, 1.165) is 31.6 Å². The summed E-state index contributed by atoms with van der Waals surface area (Å²) in [5.41, 5.74) is 7.09. The fraction of sp³-hybridized carbons (Fsp3) is 0.400. The molecule has 1 saturated carbocycles. The third-order valence-corrected chi connectivity index (χ3v) is 3.84. The number of halogens is 2. The summed E-state index contributed by atoms with van der Waals surface area (Å²) in [5, 5.41) is 0.485. The van der Waals surface area contributed by atoms with Gasteiger partial charge in [0.1, 0.15) is 23.2 Å². The molecule has 0 aliphatic heterocycles. The number of nitrogens with zero attached hydrogens (tertiary/aromatic N) is 2. The van der Waals surface area contributed by atoms with E-state index in [1.165, 1.54) is 12.1 Å². The Morgan fingerprint density at radius 1 is 1.45 bits per heavy atom. The van der Waals surface area contributed by atoms with Crippen molar-refractivity contribution in [1.29, 1.82) is 0 Å². The number of hydrogen-bond donors (Lipinski definition) is 1. The van der Waals surface area contributed by atoms with Gasteiger partial charge in [-0.05, 0) is 37.5 Å². The highest BCUT2D eigenvalue weighted by atomic mass is 35.5. The highest BCUT2D eigenvalue weighted by Crippen LogP contribution is 2.42. The van der Waals surface area contributed by atoms with Crippen molar-refractivity contribution in [1.82, 2.24) is 9.55 Å². The van der Waals surface area contributed by atoms with Crippen LogP contribution in [0.5, 0.6) is 0 Å². The molecule has 2 aromatic rings. The van der Waals surface area contributed by atoms with Gasteiger partial charge in [0.15, 0.2) is 0 Å². The number of benzene rings is 1. The molecule has 106 valence electrons. The van der Waals surface area contributed by atoms with Gasteiger partial charge < -0.3 is 10.3 Å². The predicted molar refractivity (Wildman–Crippen MR) is 79.3 cm³/mol. The lowest BCUT2D eigenvalue weighted by atomic mass is 10.1. The Hall–Kier alpha value is -1.55. The first-order valence-electron chi connectivity index (χ1n) is 6.93. The zero-order valence-electron chi connectivity index (χ0n) is 11.4. The molecule has 1 aromatic carbocycles. The normalized spacial score (nSPS) is 14.8. The first-order chi connectivity index (χ1) is 9.61. The molecule has 2 N–H and O–H groups in total. The number of hydrogen-bond acceptors (Lipinski definition) is 2. The molecule has 0 atom stereocenters. The van der Waals surface area contributed by atoms with Crippen molar-refractivity contribution >= 4 is 17.4 Å². The third-order valence-electron chi connectivity index (χ3n) is 3.61. The fourth-order valence-corrected chi connectivity index (χ4v) is 2.64. The van der Waals surface area contributed by atoms with Gasteiger partial charge in [-0.3, -0.25) is 0 Å². The van der Waals surface area contributed by atoms with Gasteiger partial charge in [0, 0.05) is 23.0 Å². The Kier molecular flexibility index (Phi) is 3.42. The van der Waals surface area contributed by atoms with Crippen LogP contribution in [0.3, 0.4) is 0 Å². The van der Waals surface area contributed by atoms with E-state index in [1.807, 2.05) is 4.57 Å². The quantitative estimate of drug-likeness (QED) is 0.917. The Morgan fingerprint density at radius 2 is 2.20 bits per heavy atom. The fourth-order valence-electron chi connectivity index (χ4n) is 2.47. The number of aromatic nitrogens is 2. The topological polar surface area (TPSA) is 43.8 Å². The molecule has 0 radical (unpaired) electrons. The minimum Gasteiger partial charge on any atom is -0.383 e. The van der Waals surface area contributed by atoms with Crippen molar-refractivity contribution in [2.45, 2.75) is 38.6 Å². The zero-order valence-corrected chi connectivity index (χ0v) is 12.1. The molecule has 5 heteroatoms. The summed E-state index contributed by atoms with van der Waals surface area (Å²) < 4.78 is 16.0. The van der Waals surface area contributed by atoms with Crippen molar-refractivity contribution in [3.05, 3.63) is 34.9 Å². The number of nitrogens with two attached hydrogens (primary N) is 1. The lowest BCUT2D eigenvalue weighted by Crippen LogP contribution is -2.06. The summed E-state index contributed by atoms with van der Waals surface area (Å²) in [7, 11) is 0. The standard InChI is InChI=1S/C15H17ClFN3/c1-2-7-20-14(18)13(19-15(20)9-3-4-9)11-8-10(16)5-6-12(11)17/h5-6,8-9H,2-4,7,18H2,1H3. The monoisotopic (exact) mass is 293 g/mol. The van der Waals surface area contributed by atoms with Gasteiger partial charge in [0.25, 0.3) is 0 Å². The molecule has 0 bridgehead atoms. The molecule has 1 aliphatic carbocycles. The van der Waals surface area contributed by atoms with Crippen molar-refractivity contribution in [3.8, 4) is 11.3 Å². The van der Waals surface area contributed by atoms with Crippen LogP contribution in [0.1, 0.15) is 37.9 Å². The maximum Gasteiger partial charge on any atom is 0.132 e. The lowest BCUT2D eigenvalue weighted by Gasteiger charge is -2.07. The summed E-state index contributed by atoms with van der Waals surface area (Å²) >= 11 is 5.96. The largest absolute Gasteiger partial charge is 0.383 e. The highest BCUT2D eigenvalue weighted by molar-refractivity contribution is 6.30. The number of rotatable bonds is 4. The first-order valence-corrected chi connectivity index (χ1v) is 7.31. The first kappa shape index (κ1) is 13.4. The highest BCUT2D eigenvalue weighted by Gasteiger charge is 2.31. The molecule has 0 unspecified atom stereocenters. The molecule has 0 amide bonds. The van der Waals surface area contributed by atoms with Crippen LogP contribution in [0.4, 0.5) is 10.2 Å². The van der Waals surface area contributed by atoms with Gasteiger partial charge in [0.05, 0.1) is 0 Å². The van der Waals surface area contributed by atoms with Crippen LogP contribution in [0.25, 0.3) is 11.3 Å². The number of anilines is 1. The van der Waals surface area contributed by atoms with E-state index in [0.29, 0.717) is 28.0 Å². The van der Waals surface area contributed by atoms with E-state index >= 15 is 0 Å². The molecule has 1 heterocycles. The molecule has 1 aromatic heterocycles. The Labute approximate surface area is 122 Å². The average molecular weight is 294 g/mol. The Balaban J connectivity index is 2.13. The van der Waals surface area contributed by atoms with E-state index < -0.39 is 0 Å². The average Bonchev–Trinajstić information content (AvgIpc) is 3.21. The second-order valence-corrected chi connectivity index (χ2v) is 5.69. The zero-order chi connectivity index (χ0) is 14.3. The van der Waals surface area contributed by atoms with Gasteiger partial charge in [-0.25, -0.2) is 9.37 Å². The summed E-state index contributed by atoms with van der Waals surface area (Å²) in [6.45, 7) is 2.91. The van der Waals surface area contributed by atoms with Crippen LogP contribution < -0.4 is 5.73 Å². The predicted octanol–water partition coefficient (Wildman–Crippen LogP) is 4.21. The van der Waals surface area contributed by atoms with Gasteiger partial charge in [-0.2, -0.15) is 0 Å². The maximum atomic E-state index is 14.0. The summed E-state index contributed by atoms with van der Waals surface area (Å²) in [6.07, 6.45) is 3.24. The molecule has 3 rings (SSSR count). The second-order valence-electron chi connectivity index (χ2n) is 5.25. The van der Waals surface area contributed by atoms with Crippen molar-refractivity contribution in [2.75, 3.05) is 5.73 Å². The summed E-state index contributed by atoms with van der Waals surface area (Å²) in [4.78, 5) is 4.60. The molecule has 0 spiro atoms. The summed E-state index contributed by atoms with van der Waals surface area (Å²) in [5.74, 6) is 1.65. The minimum atomic E-state index is -0.343. The van der Waals surface area contributed by atoms with Crippen molar-refractivity contribution < 1.29 is 4.39 Å². The SMILES string of the molecule is CCCn1c(C2CC2)nc(-c2cc(Cl)ccc2F)c1N. The molecular formula is C15H17ClFN3. The molecule has 1 fully saturated rings. The summed E-state index contributed by atoms with van der Waals surface area (Å²) in [6, 6.07) is 4.47. The number of imidazole rings is 1. The minimum absolute atomic E-state index is 0.343. The molecule has 3 nitrogen and oxygen atoms in total. The van der Waals surface area contributed by atoms with Gasteiger partial charge >= 0.3 is 0 Å². The Bertz CT molecular complexity index is 647. The van der Waals surface area contributed by atoms with Crippen LogP contribution in [-0.4, -0.2) is 9.55 Å². The van der Waals surface area contributed by atoms with Gasteiger partial charge in [-0.1, -0.05) is 18.5 Å². The van der Waals surface area contributed by atoms with Crippen LogP contribution in [-0.2, 0) is 6.54 Å². The molecule has 1 aliphatic rings. The van der Waals surface area contributed by atoms with Gasteiger partial charge in [0.2, 0.25) is 0 Å². The van der Waals surface area contributed by atoms with Crippen LogP contribution >= 0.6 is 11.6 Å². The lowest BCUT2D eigenvalue weighted by molar-refractivity contribution is 0.631. The van der Waals surface area contributed by atoms with Crippen molar-refractivity contribution in [3.63, 3.8) is 0 Å². The third kappa shape index (κ3) is 2.29. The molecule has 20 heavy (non-hydrogen) atoms. The second kappa shape index (κ2) is 5.09. The van der Waals surface area contributed by atoms with E-state index in [9.17, 15) is 4.39 Å². The van der Waals surface area contributed by atoms with Crippen LogP contribution in [0, 0.1) is 5.82 Å². The number of nitrogen functional groups attached to an aromatic ring is 1. The van der Waals surface area contributed by atoms with E-state index in [2.05, 4.69) is 11.9 Å². The van der Waals surface area contributed by atoms with Crippen molar-refractivity contribution in [2.24, 2.45) is 0 Å². The van der Waals surface area contributed by atoms with E-state index in [-0.39, 0.29) is 5.82 Å². The molecule has 0 saturated heterocycles. The maximum absolute atomic E-state index is 14.0. The molecular weight excluding hydrogens is 277 g/mol. The van der Waals surface area contributed by atoms with Crippen LogP contribution in [0.2, 0.25) is 5.02 Å². The van der Waals surface area contributed by atoms with E-state index in [1.54, 1.807) is 6.07 Å². The smallest absolute Gasteiger partial charge is 0.132 e. The van der Waals surface area contributed by atoms with E-state index in [4.69, 9.17) is 17.3 Å². The van der Waals surface area contributed by atoms with Gasteiger partial charge in [-0.15, -0.1) is 0 Å². The Morgan fingerprint density at radius 3 is 2.85 bits per heavy atom.